The zero-order valence-electron chi connectivity index (χ0n) is 19.5. The number of alkyl halides is 3. The first-order valence-corrected chi connectivity index (χ1v) is 11.9. The molecule has 3 aromatic rings. The second-order valence-corrected chi connectivity index (χ2v) is 8.82. The lowest BCUT2D eigenvalue weighted by molar-refractivity contribution is -0.169. The molecule has 7 nitrogen and oxygen atoms in total. The molecule has 1 amide bonds. The number of halogens is 3. The smallest absolute Gasteiger partial charge is 0.378 e. The molecule has 36 heavy (non-hydrogen) atoms. The maximum atomic E-state index is 13.3. The highest BCUT2D eigenvalue weighted by Crippen LogP contribution is 2.33. The number of hydrogen-bond donors (Lipinski definition) is 1. The maximum Gasteiger partial charge on any atom is 0.408 e. The summed E-state index contributed by atoms with van der Waals surface area (Å²) in [5.41, 5.74) is 3.52. The molecule has 0 saturated carbocycles. The minimum absolute atomic E-state index is 0.0562. The lowest BCUT2D eigenvalue weighted by Gasteiger charge is -2.29. The first-order chi connectivity index (χ1) is 17.4. The zero-order valence-corrected chi connectivity index (χ0v) is 19.5. The molecule has 5 rings (SSSR count). The van der Waals surface area contributed by atoms with Gasteiger partial charge in [0.05, 0.1) is 18.9 Å². The SMILES string of the molecule is O=C(c1ccc(-c2ccnc(Nc3cccc(N4CCOCC4)c3)n2)cc1)N1CCC[C@@H]1C(F)(F)F. The van der Waals surface area contributed by atoms with Crippen LogP contribution in [0, 0.1) is 0 Å². The number of nitrogens with one attached hydrogen (secondary N) is 1. The Morgan fingerprint density at radius 3 is 2.56 bits per heavy atom. The first kappa shape index (κ1) is 24.1. The van der Waals surface area contributed by atoms with Gasteiger partial charge in [0, 0.05) is 48.3 Å². The van der Waals surface area contributed by atoms with Gasteiger partial charge in [-0.25, -0.2) is 9.97 Å². The van der Waals surface area contributed by atoms with Crippen molar-refractivity contribution in [1.29, 1.82) is 0 Å². The van der Waals surface area contributed by atoms with Gasteiger partial charge in [-0.1, -0.05) is 18.2 Å². The molecule has 3 heterocycles. The maximum absolute atomic E-state index is 13.3. The summed E-state index contributed by atoms with van der Waals surface area (Å²) in [6, 6.07) is 14.5. The van der Waals surface area contributed by atoms with E-state index in [0.717, 1.165) is 34.9 Å². The average Bonchev–Trinajstić information content (AvgIpc) is 3.40. The van der Waals surface area contributed by atoms with Crippen molar-refractivity contribution in [3.05, 3.63) is 66.4 Å². The minimum atomic E-state index is -4.42. The van der Waals surface area contributed by atoms with Crippen molar-refractivity contribution >= 4 is 23.2 Å². The molecule has 1 aromatic heterocycles. The largest absolute Gasteiger partial charge is 0.408 e. The fourth-order valence-electron chi connectivity index (χ4n) is 4.61. The molecule has 0 unspecified atom stereocenters. The highest BCUT2D eigenvalue weighted by atomic mass is 19.4. The second-order valence-electron chi connectivity index (χ2n) is 8.82. The Labute approximate surface area is 206 Å². The number of amides is 1. The number of likely N-dealkylation sites (tertiary alicyclic amines) is 1. The Bertz CT molecular complexity index is 1210. The van der Waals surface area contributed by atoms with E-state index >= 15 is 0 Å². The van der Waals surface area contributed by atoms with Crippen molar-refractivity contribution in [3.63, 3.8) is 0 Å². The number of rotatable bonds is 5. The molecule has 2 aromatic carbocycles. The van der Waals surface area contributed by atoms with E-state index in [0.29, 0.717) is 31.3 Å². The van der Waals surface area contributed by atoms with Crippen LogP contribution in [0.3, 0.4) is 0 Å². The summed E-state index contributed by atoms with van der Waals surface area (Å²) in [4.78, 5) is 24.8. The van der Waals surface area contributed by atoms with Gasteiger partial charge in [0.15, 0.2) is 0 Å². The number of nitrogens with zero attached hydrogens (tertiary/aromatic N) is 4. The van der Waals surface area contributed by atoms with Gasteiger partial charge in [-0.05, 0) is 49.2 Å². The van der Waals surface area contributed by atoms with Gasteiger partial charge in [-0.2, -0.15) is 13.2 Å². The molecule has 0 spiro atoms. The molecule has 1 N–H and O–H groups in total. The van der Waals surface area contributed by atoms with Gasteiger partial charge in [-0.15, -0.1) is 0 Å². The number of ether oxygens (including phenoxy) is 1. The molecule has 10 heteroatoms. The summed E-state index contributed by atoms with van der Waals surface area (Å²) >= 11 is 0. The molecule has 0 bridgehead atoms. The van der Waals surface area contributed by atoms with E-state index < -0.39 is 18.1 Å². The fraction of sp³-hybridized carbons (Fsp3) is 0.346. The van der Waals surface area contributed by atoms with E-state index in [1.54, 1.807) is 36.5 Å². The third-order valence-electron chi connectivity index (χ3n) is 6.45. The van der Waals surface area contributed by atoms with Crippen LogP contribution in [0.4, 0.5) is 30.5 Å². The Hall–Kier alpha value is -3.66. The van der Waals surface area contributed by atoms with Crippen LogP contribution in [0.5, 0.6) is 0 Å². The number of benzene rings is 2. The molecule has 0 radical (unpaired) electrons. The van der Waals surface area contributed by atoms with E-state index in [4.69, 9.17) is 4.74 Å². The van der Waals surface area contributed by atoms with Gasteiger partial charge in [0.2, 0.25) is 5.95 Å². The van der Waals surface area contributed by atoms with Gasteiger partial charge >= 0.3 is 6.18 Å². The molecule has 188 valence electrons. The Kier molecular flexibility index (Phi) is 6.77. The Morgan fingerprint density at radius 1 is 1.03 bits per heavy atom. The predicted molar refractivity (Wildman–Crippen MR) is 130 cm³/mol. The Morgan fingerprint density at radius 2 is 1.81 bits per heavy atom. The number of aromatic nitrogens is 2. The second kappa shape index (κ2) is 10.1. The number of hydrogen-bond acceptors (Lipinski definition) is 6. The normalized spacial score (nSPS) is 18.4. The molecule has 2 saturated heterocycles. The van der Waals surface area contributed by atoms with Crippen molar-refractivity contribution < 1.29 is 22.7 Å². The summed E-state index contributed by atoms with van der Waals surface area (Å²) in [6.07, 6.45) is -2.49. The van der Waals surface area contributed by atoms with E-state index in [2.05, 4.69) is 26.3 Å². The molecule has 1 atom stereocenters. The van der Waals surface area contributed by atoms with Crippen molar-refractivity contribution in [2.45, 2.75) is 25.1 Å². The van der Waals surface area contributed by atoms with Crippen molar-refractivity contribution in [2.24, 2.45) is 0 Å². The number of carbonyl (C=O) groups excluding carboxylic acids is 1. The minimum Gasteiger partial charge on any atom is -0.378 e. The zero-order chi connectivity index (χ0) is 25.1. The van der Waals surface area contributed by atoms with Crippen LogP contribution in [0.15, 0.2) is 60.8 Å². The van der Waals surface area contributed by atoms with Crippen molar-refractivity contribution in [1.82, 2.24) is 14.9 Å². The highest BCUT2D eigenvalue weighted by molar-refractivity contribution is 5.95. The van der Waals surface area contributed by atoms with Crippen LogP contribution in [-0.2, 0) is 4.74 Å². The molecule has 0 aliphatic carbocycles. The van der Waals surface area contributed by atoms with Crippen LogP contribution in [0.1, 0.15) is 23.2 Å². The molecular formula is C26H26F3N5O2. The van der Waals surface area contributed by atoms with Gasteiger partial charge in [0.25, 0.3) is 5.91 Å². The lowest BCUT2D eigenvalue weighted by atomic mass is 10.1. The summed E-state index contributed by atoms with van der Waals surface area (Å²) < 4.78 is 45.2. The fourth-order valence-corrected chi connectivity index (χ4v) is 4.61. The lowest BCUT2D eigenvalue weighted by Crippen LogP contribution is -2.44. The van der Waals surface area contributed by atoms with Gasteiger partial charge in [0.1, 0.15) is 6.04 Å². The predicted octanol–water partition coefficient (Wildman–Crippen LogP) is 4.89. The molecule has 2 aliphatic rings. The summed E-state index contributed by atoms with van der Waals surface area (Å²) in [5.74, 6) is -0.191. The van der Waals surface area contributed by atoms with Gasteiger partial charge in [-0.3, -0.25) is 4.79 Å². The van der Waals surface area contributed by atoms with Crippen molar-refractivity contribution in [2.75, 3.05) is 43.1 Å². The van der Waals surface area contributed by atoms with E-state index in [9.17, 15) is 18.0 Å². The van der Waals surface area contributed by atoms with Crippen LogP contribution in [0.25, 0.3) is 11.3 Å². The standard InChI is InChI=1S/C26H26F3N5O2/c27-26(28,29)23-5-2-12-34(23)24(35)19-8-6-18(7-9-19)22-10-11-30-25(32-22)31-20-3-1-4-21(17-20)33-13-15-36-16-14-33/h1,3-4,6-11,17,23H,2,5,12-16H2,(H,30,31,32)/t23-/m1/s1. The highest BCUT2D eigenvalue weighted by Gasteiger charge is 2.47. The van der Waals surface area contributed by atoms with Gasteiger partial charge < -0.3 is 19.9 Å². The van der Waals surface area contributed by atoms with E-state index in [1.165, 1.54) is 0 Å². The monoisotopic (exact) mass is 497 g/mol. The molecular weight excluding hydrogens is 471 g/mol. The Balaban J connectivity index is 1.29. The van der Waals surface area contributed by atoms with Crippen LogP contribution >= 0.6 is 0 Å². The first-order valence-electron chi connectivity index (χ1n) is 11.9. The van der Waals surface area contributed by atoms with Crippen LogP contribution < -0.4 is 10.2 Å². The third-order valence-corrected chi connectivity index (χ3v) is 6.45. The number of carbonyl (C=O) groups is 1. The van der Waals surface area contributed by atoms with Crippen molar-refractivity contribution in [3.8, 4) is 11.3 Å². The topological polar surface area (TPSA) is 70.6 Å². The summed E-state index contributed by atoms with van der Waals surface area (Å²) in [6.45, 7) is 3.19. The number of morpholine rings is 1. The van der Waals surface area contributed by atoms with Crippen LogP contribution in [0.2, 0.25) is 0 Å². The van der Waals surface area contributed by atoms with E-state index in [1.807, 2.05) is 18.2 Å². The number of anilines is 3. The molecule has 2 fully saturated rings. The van der Waals surface area contributed by atoms with E-state index in [-0.39, 0.29) is 18.5 Å². The van der Waals surface area contributed by atoms with Crippen LogP contribution in [-0.4, -0.2) is 65.8 Å². The quantitative estimate of drug-likeness (QED) is 0.541. The summed E-state index contributed by atoms with van der Waals surface area (Å²) in [7, 11) is 0. The molecule has 2 aliphatic heterocycles. The average molecular weight is 498 g/mol. The summed E-state index contributed by atoms with van der Waals surface area (Å²) in [5, 5.41) is 3.23. The third kappa shape index (κ3) is 5.28.